The molecule has 10 heteroatoms. The highest BCUT2D eigenvalue weighted by atomic mass is 32.2. The van der Waals surface area contributed by atoms with E-state index >= 15 is 0 Å². The fourth-order valence-electron chi connectivity index (χ4n) is 5.27. The van der Waals surface area contributed by atoms with E-state index in [4.69, 9.17) is 23.7 Å². The van der Waals surface area contributed by atoms with E-state index in [1.807, 2.05) is 24.3 Å². The van der Waals surface area contributed by atoms with Crippen molar-refractivity contribution in [2.45, 2.75) is 69.6 Å². The number of hydrogen-bond donors (Lipinski definition) is 2. The largest absolute Gasteiger partial charge is 0.492 e. The quantitative estimate of drug-likeness (QED) is 0.173. The van der Waals surface area contributed by atoms with Gasteiger partial charge in [0.25, 0.3) is 10.2 Å². The molecule has 2 aromatic rings. The predicted octanol–water partition coefficient (Wildman–Crippen LogP) is 5.26. The first-order chi connectivity index (χ1) is 19.3. The van der Waals surface area contributed by atoms with Crippen LogP contribution in [0.5, 0.6) is 17.2 Å². The van der Waals surface area contributed by atoms with E-state index in [1.54, 1.807) is 14.2 Å². The Morgan fingerprint density at radius 2 is 1.48 bits per heavy atom. The first kappa shape index (κ1) is 32.1. The Bertz CT molecular complexity index is 1130. The standard InChI is InChI=1S/C30H46N2O7S/c1-30(24-13-15-25(16-14-24)38-22-35-3)21-37-29-20-26(39-23-36-4)17-18-27(29)28(30)12-10-8-6-5-7-9-11-19-32-40(33,34)31-2/h13-18,20,28,31-32H,5-12,19,21-23H2,1-4H3. The number of rotatable bonds is 19. The fourth-order valence-corrected chi connectivity index (χ4v) is 5.83. The molecule has 0 aliphatic carbocycles. The molecule has 1 aliphatic rings. The molecule has 0 radical (unpaired) electrons. The maximum absolute atomic E-state index is 11.4. The van der Waals surface area contributed by atoms with Crippen molar-refractivity contribution in [3.63, 3.8) is 0 Å². The van der Waals surface area contributed by atoms with Gasteiger partial charge in [0.1, 0.15) is 17.2 Å². The van der Waals surface area contributed by atoms with Crippen molar-refractivity contribution >= 4 is 10.2 Å². The van der Waals surface area contributed by atoms with E-state index in [2.05, 4.69) is 34.6 Å². The number of benzene rings is 2. The number of hydrogen-bond acceptors (Lipinski definition) is 7. The summed E-state index contributed by atoms with van der Waals surface area (Å²) in [4.78, 5) is 0. The Kier molecular flexibility index (Phi) is 13.0. The first-order valence-corrected chi connectivity index (χ1v) is 15.6. The highest BCUT2D eigenvalue weighted by Gasteiger charge is 2.42. The average molecular weight is 579 g/mol. The summed E-state index contributed by atoms with van der Waals surface area (Å²) in [6.07, 6.45) is 8.65. The van der Waals surface area contributed by atoms with Gasteiger partial charge < -0.3 is 23.7 Å². The summed E-state index contributed by atoms with van der Waals surface area (Å²) in [6.45, 7) is 3.77. The molecule has 9 nitrogen and oxygen atoms in total. The summed E-state index contributed by atoms with van der Waals surface area (Å²) in [6, 6.07) is 14.4. The van der Waals surface area contributed by atoms with Crippen molar-refractivity contribution in [1.29, 1.82) is 0 Å². The Morgan fingerprint density at radius 1 is 0.875 bits per heavy atom. The van der Waals surface area contributed by atoms with Crippen molar-refractivity contribution in [3.05, 3.63) is 53.6 Å². The Morgan fingerprint density at radius 3 is 2.12 bits per heavy atom. The van der Waals surface area contributed by atoms with E-state index in [0.717, 1.165) is 62.2 Å². The molecular weight excluding hydrogens is 532 g/mol. The van der Waals surface area contributed by atoms with Crippen LogP contribution in [-0.4, -0.2) is 56.4 Å². The van der Waals surface area contributed by atoms with Crippen LogP contribution >= 0.6 is 0 Å². The SMILES string of the molecule is CNS(=O)(=O)NCCCCCCCCCC1c2ccc(OCOC)cc2OCC1(C)c1ccc(OCOC)cc1. The zero-order valence-corrected chi connectivity index (χ0v) is 25.2. The van der Waals surface area contributed by atoms with Gasteiger partial charge in [-0.3, -0.25) is 0 Å². The van der Waals surface area contributed by atoms with Crippen molar-refractivity contribution in [3.8, 4) is 17.2 Å². The molecule has 2 unspecified atom stereocenters. The molecule has 0 aromatic heterocycles. The molecule has 3 rings (SSSR count). The molecule has 0 spiro atoms. The van der Waals surface area contributed by atoms with Crippen LogP contribution in [0, 0.1) is 0 Å². The summed E-state index contributed by atoms with van der Waals surface area (Å²) in [7, 11) is 1.30. The Hall–Kier alpha value is -2.37. The normalized spacial score (nSPS) is 18.6. The van der Waals surface area contributed by atoms with E-state index in [-0.39, 0.29) is 19.0 Å². The second kappa shape index (κ2) is 16.2. The maximum Gasteiger partial charge on any atom is 0.276 e. The van der Waals surface area contributed by atoms with Crippen LogP contribution in [0.2, 0.25) is 0 Å². The molecule has 1 heterocycles. The number of unbranched alkanes of at least 4 members (excludes halogenated alkanes) is 6. The lowest BCUT2D eigenvalue weighted by atomic mass is 9.66. The van der Waals surface area contributed by atoms with Crippen LogP contribution in [0.25, 0.3) is 0 Å². The fraction of sp³-hybridized carbons (Fsp3) is 0.600. The van der Waals surface area contributed by atoms with Crippen molar-refractivity contribution in [1.82, 2.24) is 9.44 Å². The third-order valence-electron chi connectivity index (χ3n) is 7.59. The molecule has 0 bridgehead atoms. The summed E-state index contributed by atoms with van der Waals surface area (Å²) < 4.78 is 55.3. The summed E-state index contributed by atoms with van der Waals surface area (Å²) in [5, 5.41) is 0. The maximum atomic E-state index is 11.4. The van der Waals surface area contributed by atoms with Gasteiger partial charge in [0.2, 0.25) is 0 Å². The van der Waals surface area contributed by atoms with Crippen LogP contribution in [0.4, 0.5) is 0 Å². The number of ether oxygens (including phenoxy) is 5. The minimum atomic E-state index is -3.33. The molecule has 40 heavy (non-hydrogen) atoms. The summed E-state index contributed by atoms with van der Waals surface area (Å²) in [5.41, 5.74) is 2.24. The van der Waals surface area contributed by atoms with E-state index in [0.29, 0.717) is 19.1 Å². The van der Waals surface area contributed by atoms with E-state index < -0.39 is 10.2 Å². The van der Waals surface area contributed by atoms with Gasteiger partial charge in [-0.2, -0.15) is 8.42 Å². The third-order valence-corrected chi connectivity index (χ3v) is 8.71. The van der Waals surface area contributed by atoms with Gasteiger partial charge in [-0.1, -0.05) is 63.6 Å². The molecule has 1 aliphatic heterocycles. The third kappa shape index (κ3) is 9.34. The minimum absolute atomic E-state index is 0.192. The van der Waals surface area contributed by atoms with Gasteiger partial charge in [0.15, 0.2) is 13.6 Å². The van der Waals surface area contributed by atoms with Gasteiger partial charge >= 0.3 is 0 Å². The lowest BCUT2D eigenvalue weighted by molar-refractivity contribution is 0.0505. The van der Waals surface area contributed by atoms with Crippen LogP contribution in [0.1, 0.15) is 75.3 Å². The summed E-state index contributed by atoms with van der Waals surface area (Å²) >= 11 is 0. The monoisotopic (exact) mass is 578 g/mol. The molecule has 224 valence electrons. The average Bonchev–Trinajstić information content (AvgIpc) is 2.97. The van der Waals surface area contributed by atoms with Crippen LogP contribution in [0.15, 0.2) is 42.5 Å². The topological polar surface area (TPSA) is 104 Å². The molecule has 2 atom stereocenters. The van der Waals surface area contributed by atoms with Crippen LogP contribution in [-0.2, 0) is 25.1 Å². The van der Waals surface area contributed by atoms with Gasteiger partial charge in [0.05, 0.1) is 6.61 Å². The first-order valence-electron chi connectivity index (χ1n) is 14.1. The highest BCUT2D eigenvalue weighted by Crippen LogP contribution is 2.50. The second-order valence-electron chi connectivity index (χ2n) is 10.4. The van der Waals surface area contributed by atoms with Crippen molar-refractivity contribution in [2.24, 2.45) is 0 Å². The molecule has 0 amide bonds. The number of fused-ring (bicyclic) bond motifs is 1. The van der Waals surface area contributed by atoms with Crippen LogP contribution in [0.3, 0.4) is 0 Å². The zero-order chi connectivity index (χ0) is 28.8. The lowest BCUT2D eigenvalue weighted by Gasteiger charge is -2.43. The van der Waals surface area contributed by atoms with E-state index in [1.165, 1.54) is 24.6 Å². The lowest BCUT2D eigenvalue weighted by Crippen LogP contribution is -2.40. The molecule has 2 N–H and O–H groups in total. The second-order valence-corrected chi connectivity index (χ2v) is 12.2. The zero-order valence-electron chi connectivity index (χ0n) is 24.4. The van der Waals surface area contributed by atoms with Crippen LogP contribution < -0.4 is 23.7 Å². The number of nitrogens with one attached hydrogen (secondary N) is 2. The predicted molar refractivity (Wildman–Crippen MR) is 156 cm³/mol. The van der Waals surface area contributed by atoms with Gasteiger partial charge in [-0.15, -0.1) is 0 Å². The van der Waals surface area contributed by atoms with Gasteiger partial charge in [-0.05, 0) is 42.2 Å². The smallest absolute Gasteiger partial charge is 0.276 e. The Labute approximate surface area is 240 Å². The molecule has 0 saturated carbocycles. The highest BCUT2D eigenvalue weighted by molar-refractivity contribution is 7.87. The molecular formula is C30H46N2O7S. The van der Waals surface area contributed by atoms with E-state index in [9.17, 15) is 8.42 Å². The minimum Gasteiger partial charge on any atom is -0.492 e. The number of methoxy groups -OCH3 is 2. The molecule has 2 aromatic carbocycles. The van der Waals surface area contributed by atoms with Gasteiger partial charge in [-0.25, -0.2) is 9.44 Å². The van der Waals surface area contributed by atoms with Crippen molar-refractivity contribution in [2.75, 3.05) is 48.0 Å². The van der Waals surface area contributed by atoms with Crippen molar-refractivity contribution < 1.29 is 32.1 Å². The van der Waals surface area contributed by atoms with Gasteiger partial charge in [0, 0.05) is 45.2 Å². The summed E-state index contributed by atoms with van der Waals surface area (Å²) in [5.74, 6) is 2.69. The Balaban J connectivity index is 1.60. The molecule has 0 fully saturated rings. The molecule has 0 saturated heterocycles.